The maximum atomic E-state index is 13.1. The molecular formula is C21H19ClN2O2. The van der Waals surface area contributed by atoms with Crippen molar-refractivity contribution in [1.82, 2.24) is 9.88 Å². The monoisotopic (exact) mass is 366 g/mol. The zero-order valence-electron chi connectivity index (χ0n) is 14.2. The number of halogens is 1. The predicted octanol–water partition coefficient (Wildman–Crippen LogP) is 4.30. The van der Waals surface area contributed by atoms with Crippen molar-refractivity contribution in [2.75, 3.05) is 13.1 Å². The van der Waals surface area contributed by atoms with E-state index in [1.54, 1.807) is 24.4 Å². The van der Waals surface area contributed by atoms with Gasteiger partial charge in [0.05, 0.1) is 16.1 Å². The summed E-state index contributed by atoms with van der Waals surface area (Å²) in [6.45, 7) is 1.41. The third-order valence-electron chi connectivity index (χ3n) is 4.96. The fourth-order valence-corrected chi connectivity index (χ4v) is 3.95. The van der Waals surface area contributed by atoms with Crippen LogP contribution < -0.4 is 0 Å². The molecule has 1 aliphatic heterocycles. The molecule has 1 atom stereocenters. The van der Waals surface area contributed by atoms with Crippen LogP contribution in [0.5, 0.6) is 5.75 Å². The predicted molar refractivity (Wildman–Crippen MR) is 103 cm³/mol. The standard InChI is InChI=1S/C21H19ClN2O2/c22-18-6-7-19-17(5-2-9-23-19)20(18)21(26)24-10-8-15(13-24)11-14-3-1-4-16(25)12-14/h1-7,9,12,15,25H,8,10-11,13H2. The van der Waals surface area contributed by atoms with E-state index in [9.17, 15) is 9.90 Å². The van der Waals surface area contributed by atoms with Gasteiger partial charge in [-0.2, -0.15) is 0 Å². The number of nitrogens with zero attached hydrogens (tertiary/aromatic N) is 2. The topological polar surface area (TPSA) is 53.4 Å². The first-order valence-corrected chi connectivity index (χ1v) is 9.10. The Hall–Kier alpha value is -2.59. The summed E-state index contributed by atoms with van der Waals surface area (Å²) in [5.74, 6) is 0.628. The quantitative estimate of drug-likeness (QED) is 0.752. The minimum atomic E-state index is -0.0352. The van der Waals surface area contributed by atoms with Gasteiger partial charge in [0, 0.05) is 24.7 Å². The van der Waals surface area contributed by atoms with Crippen LogP contribution in [0.1, 0.15) is 22.3 Å². The fourth-order valence-electron chi connectivity index (χ4n) is 3.70. The summed E-state index contributed by atoms with van der Waals surface area (Å²) < 4.78 is 0. The van der Waals surface area contributed by atoms with Gasteiger partial charge in [-0.1, -0.05) is 29.8 Å². The van der Waals surface area contributed by atoms with Crippen LogP contribution >= 0.6 is 11.6 Å². The lowest BCUT2D eigenvalue weighted by molar-refractivity contribution is 0.0789. The number of aromatic hydroxyl groups is 1. The largest absolute Gasteiger partial charge is 0.508 e. The molecule has 2 aromatic carbocycles. The zero-order chi connectivity index (χ0) is 18.1. The van der Waals surface area contributed by atoms with Crippen molar-refractivity contribution in [3.63, 3.8) is 0 Å². The summed E-state index contributed by atoms with van der Waals surface area (Å²) in [5.41, 5.74) is 2.41. The average molecular weight is 367 g/mol. The van der Waals surface area contributed by atoms with Gasteiger partial charge in [-0.05, 0) is 54.7 Å². The van der Waals surface area contributed by atoms with Crippen molar-refractivity contribution in [2.24, 2.45) is 5.92 Å². The molecule has 0 bridgehead atoms. The van der Waals surface area contributed by atoms with Crippen molar-refractivity contribution in [3.8, 4) is 5.75 Å². The molecule has 2 heterocycles. The van der Waals surface area contributed by atoms with Gasteiger partial charge in [-0.15, -0.1) is 0 Å². The highest BCUT2D eigenvalue weighted by atomic mass is 35.5. The molecule has 0 aliphatic carbocycles. The van der Waals surface area contributed by atoms with E-state index >= 15 is 0 Å². The summed E-state index contributed by atoms with van der Waals surface area (Å²) in [7, 11) is 0. The van der Waals surface area contributed by atoms with Gasteiger partial charge in [0.25, 0.3) is 5.91 Å². The molecule has 5 heteroatoms. The van der Waals surface area contributed by atoms with Gasteiger partial charge >= 0.3 is 0 Å². The highest BCUT2D eigenvalue weighted by Gasteiger charge is 2.29. The second kappa shape index (κ2) is 6.96. The van der Waals surface area contributed by atoms with Crippen LogP contribution in [0, 0.1) is 5.92 Å². The second-order valence-corrected chi connectivity index (χ2v) is 7.18. The third-order valence-corrected chi connectivity index (χ3v) is 5.27. The summed E-state index contributed by atoms with van der Waals surface area (Å²) in [6, 6.07) is 14.6. The number of phenolic OH excluding ortho intramolecular Hbond substituents is 1. The summed E-state index contributed by atoms with van der Waals surface area (Å²) >= 11 is 6.36. The first kappa shape index (κ1) is 16.9. The van der Waals surface area contributed by atoms with Crippen LogP contribution in [-0.4, -0.2) is 34.0 Å². The van der Waals surface area contributed by atoms with Gasteiger partial charge in [-0.3, -0.25) is 9.78 Å². The molecule has 1 N–H and O–H groups in total. The Labute approximate surface area is 157 Å². The SMILES string of the molecule is O=C(c1c(Cl)ccc2ncccc12)N1CCC(Cc2cccc(O)c2)C1. The Morgan fingerprint density at radius 3 is 2.96 bits per heavy atom. The van der Waals surface area contributed by atoms with Gasteiger partial charge in [0.2, 0.25) is 0 Å². The van der Waals surface area contributed by atoms with Gasteiger partial charge < -0.3 is 10.0 Å². The Kier molecular flexibility index (Phi) is 4.51. The Morgan fingerprint density at radius 2 is 2.12 bits per heavy atom. The minimum absolute atomic E-state index is 0.0352. The molecule has 0 saturated carbocycles. The number of phenols is 1. The number of rotatable bonds is 3. The minimum Gasteiger partial charge on any atom is -0.508 e. The van der Waals surface area contributed by atoms with E-state index in [-0.39, 0.29) is 11.7 Å². The van der Waals surface area contributed by atoms with Gasteiger partial charge in [0.1, 0.15) is 5.75 Å². The number of hydrogen-bond donors (Lipinski definition) is 1. The maximum Gasteiger partial charge on any atom is 0.256 e. The molecule has 1 fully saturated rings. The third kappa shape index (κ3) is 3.25. The molecule has 1 saturated heterocycles. The molecule has 4 nitrogen and oxygen atoms in total. The van der Waals surface area contributed by atoms with Crippen LogP contribution in [0.15, 0.2) is 54.7 Å². The fraction of sp³-hybridized carbons (Fsp3) is 0.238. The number of carbonyl (C=O) groups is 1. The van der Waals surface area contributed by atoms with E-state index in [0.717, 1.165) is 35.9 Å². The average Bonchev–Trinajstić information content (AvgIpc) is 3.10. The van der Waals surface area contributed by atoms with Crippen molar-refractivity contribution >= 4 is 28.4 Å². The van der Waals surface area contributed by atoms with Crippen LogP contribution in [0.25, 0.3) is 10.9 Å². The lowest BCUT2D eigenvalue weighted by Crippen LogP contribution is -2.29. The molecule has 1 unspecified atom stereocenters. The second-order valence-electron chi connectivity index (χ2n) is 6.77. The van der Waals surface area contributed by atoms with E-state index in [0.29, 0.717) is 23.0 Å². The Balaban J connectivity index is 1.54. The summed E-state index contributed by atoms with van der Waals surface area (Å²) in [5, 5.41) is 10.9. The molecule has 26 heavy (non-hydrogen) atoms. The summed E-state index contributed by atoms with van der Waals surface area (Å²) in [4.78, 5) is 19.3. The van der Waals surface area contributed by atoms with Crippen LogP contribution in [0.3, 0.4) is 0 Å². The maximum absolute atomic E-state index is 13.1. The first-order valence-electron chi connectivity index (χ1n) is 8.72. The smallest absolute Gasteiger partial charge is 0.256 e. The molecule has 3 aromatic rings. The van der Waals surface area contributed by atoms with E-state index in [1.165, 1.54) is 0 Å². The Bertz CT molecular complexity index is 973. The lowest BCUT2D eigenvalue weighted by Gasteiger charge is -2.18. The highest BCUT2D eigenvalue weighted by Crippen LogP contribution is 2.29. The Morgan fingerprint density at radius 1 is 1.23 bits per heavy atom. The molecule has 0 spiro atoms. The van der Waals surface area contributed by atoms with Crippen LogP contribution in [-0.2, 0) is 6.42 Å². The van der Waals surface area contributed by atoms with Crippen LogP contribution in [0.4, 0.5) is 0 Å². The lowest BCUT2D eigenvalue weighted by atomic mass is 9.98. The van der Waals surface area contributed by atoms with Crippen molar-refractivity contribution in [3.05, 3.63) is 70.9 Å². The number of carbonyl (C=O) groups excluding carboxylic acids is 1. The highest BCUT2D eigenvalue weighted by molar-refractivity contribution is 6.35. The zero-order valence-corrected chi connectivity index (χ0v) is 15.0. The number of amides is 1. The molecule has 1 aromatic heterocycles. The van der Waals surface area contributed by atoms with Gasteiger partial charge in [0.15, 0.2) is 0 Å². The molecular weight excluding hydrogens is 348 g/mol. The van der Waals surface area contributed by atoms with E-state index in [4.69, 9.17) is 11.6 Å². The van der Waals surface area contributed by atoms with Crippen molar-refractivity contribution < 1.29 is 9.90 Å². The van der Waals surface area contributed by atoms with E-state index in [2.05, 4.69) is 4.98 Å². The van der Waals surface area contributed by atoms with E-state index in [1.807, 2.05) is 35.2 Å². The number of pyridine rings is 1. The number of benzene rings is 2. The van der Waals surface area contributed by atoms with E-state index < -0.39 is 0 Å². The van der Waals surface area contributed by atoms with Crippen molar-refractivity contribution in [1.29, 1.82) is 0 Å². The summed E-state index contributed by atoms with van der Waals surface area (Å²) in [6.07, 6.45) is 3.51. The number of likely N-dealkylation sites (tertiary alicyclic amines) is 1. The molecule has 1 amide bonds. The normalized spacial score (nSPS) is 17.0. The van der Waals surface area contributed by atoms with Crippen LogP contribution in [0.2, 0.25) is 5.02 Å². The molecule has 132 valence electrons. The number of fused-ring (bicyclic) bond motifs is 1. The number of hydrogen-bond acceptors (Lipinski definition) is 3. The van der Waals surface area contributed by atoms with Crippen molar-refractivity contribution in [2.45, 2.75) is 12.8 Å². The number of aromatic nitrogens is 1. The molecule has 0 radical (unpaired) electrons. The molecule has 4 rings (SSSR count). The molecule has 1 aliphatic rings. The van der Waals surface area contributed by atoms with Gasteiger partial charge in [-0.25, -0.2) is 0 Å². The first-order chi connectivity index (χ1) is 12.6.